The smallest absolute Gasteiger partial charge is 0.357 e. The third-order valence-electron chi connectivity index (χ3n) is 2.07. The zero-order valence-corrected chi connectivity index (χ0v) is 11.5. The lowest BCUT2D eigenvalue weighted by molar-refractivity contribution is 0.0461. The van der Waals surface area contributed by atoms with Gasteiger partial charge in [-0.2, -0.15) is 0 Å². The first-order valence-corrected chi connectivity index (χ1v) is 6.21. The number of pyridine rings is 2. The van der Waals surface area contributed by atoms with Gasteiger partial charge in [-0.1, -0.05) is 11.6 Å². The third kappa shape index (κ3) is 3.51. The minimum atomic E-state index is -0.526. The van der Waals surface area contributed by atoms with Crippen LogP contribution in [0.3, 0.4) is 0 Å². The van der Waals surface area contributed by atoms with E-state index in [9.17, 15) is 4.79 Å². The van der Waals surface area contributed by atoms with E-state index in [0.29, 0.717) is 10.7 Å². The Morgan fingerprint density at radius 1 is 1.33 bits per heavy atom. The molecule has 0 aliphatic carbocycles. The minimum Gasteiger partial charge on any atom is -0.454 e. The molecular formula is C12H8BrClN2O2. The van der Waals surface area contributed by atoms with Gasteiger partial charge >= 0.3 is 5.97 Å². The molecule has 0 spiro atoms. The second-order valence-corrected chi connectivity index (χ2v) is 4.76. The molecule has 0 atom stereocenters. The van der Waals surface area contributed by atoms with Crippen molar-refractivity contribution in [2.45, 2.75) is 6.61 Å². The number of carbonyl (C=O) groups is 1. The van der Waals surface area contributed by atoms with Gasteiger partial charge in [0.2, 0.25) is 0 Å². The van der Waals surface area contributed by atoms with Crippen molar-refractivity contribution < 1.29 is 9.53 Å². The van der Waals surface area contributed by atoms with Crippen LogP contribution in [-0.4, -0.2) is 15.9 Å². The van der Waals surface area contributed by atoms with Crippen molar-refractivity contribution in [2.24, 2.45) is 0 Å². The first-order chi connectivity index (χ1) is 8.65. The first-order valence-electron chi connectivity index (χ1n) is 5.04. The highest BCUT2D eigenvalue weighted by Gasteiger charge is 2.09. The SMILES string of the molecule is O=C(OCc1ccc(Br)cn1)c1cc(Cl)ccn1. The quantitative estimate of drug-likeness (QED) is 0.812. The molecule has 18 heavy (non-hydrogen) atoms. The molecule has 0 radical (unpaired) electrons. The van der Waals surface area contributed by atoms with Gasteiger partial charge in [-0.3, -0.25) is 4.98 Å². The van der Waals surface area contributed by atoms with Crippen molar-refractivity contribution in [1.82, 2.24) is 9.97 Å². The van der Waals surface area contributed by atoms with Crippen LogP contribution in [0, 0.1) is 0 Å². The highest BCUT2D eigenvalue weighted by atomic mass is 79.9. The number of carbonyl (C=O) groups excluding carboxylic acids is 1. The molecule has 0 aromatic carbocycles. The average molecular weight is 328 g/mol. The maximum absolute atomic E-state index is 11.7. The summed E-state index contributed by atoms with van der Waals surface area (Å²) in [5.41, 5.74) is 0.841. The second kappa shape index (κ2) is 5.93. The number of ether oxygens (including phenoxy) is 1. The largest absolute Gasteiger partial charge is 0.454 e. The molecule has 0 saturated carbocycles. The molecule has 4 nitrogen and oxygen atoms in total. The number of hydrogen-bond acceptors (Lipinski definition) is 4. The Hall–Kier alpha value is -1.46. The van der Waals surface area contributed by atoms with E-state index < -0.39 is 5.97 Å². The summed E-state index contributed by atoms with van der Waals surface area (Å²) in [6, 6.07) is 6.64. The maximum atomic E-state index is 11.7. The van der Waals surface area contributed by atoms with E-state index in [4.69, 9.17) is 16.3 Å². The van der Waals surface area contributed by atoms with Gasteiger partial charge < -0.3 is 4.74 Å². The van der Waals surface area contributed by atoms with Crippen molar-refractivity contribution in [3.63, 3.8) is 0 Å². The summed E-state index contributed by atoms with van der Waals surface area (Å²) in [5.74, 6) is -0.526. The first kappa shape index (κ1) is 13.0. The normalized spacial score (nSPS) is 10.1. The Bertz CT molecular complexity index is 560. The van der Waals surface area contributed by atoms with Crippen LogP contribution >= 0.6 is 27.5 Å². The van der Waals surface area contributed by atoms with Crippen molar-refractivity contribution in [3.8, 4) is 0 Å². The van der Waals surface area contributed by atoms with Crippen molar-refractivity contribution in [3.05, 3.63) is 57.5 Å². The van der Waals surface area contributed by atoms with E-state index in [1.165, 1.54) is 12.3 Å². The van der Waals surface area contributed by atoms with Crippen LogP contribution in [-0.2, 0) is 11.3 Å². The summed E-state index contributed by atoms with van der Waals surface area (Å²) < 4.78 is 5.94. The van der Waals surface area contributed by atoms with Gasteiger partial charge in [0.25, 0.3) is 0 Å². The average Bonchev–Trinajstić information content (AvgIpc) is 2.38. The maximum Gasteiger partial charge on any atom is 0.357 e. The second-order valence-electron chi connectivity index (χ2n) is 3.40. The monoisotopic (exact) mass is 326 g/mol. The lowest BCUT2D eigenvalue weighted by atomic mass is 10.3. The molecule has 2 aromatic heterocycles. The lowest BCUT2D eigenvalue weighted by Gasteiger charge is -2.04. The molecular weight excluding hydrogens is 320 g/mol. The molecule has 0 aliphatic heterocycles. The highest BCUT2D eigenvalue weighted by molar-refractivity contribution is 9.10. The fraction of sp³-hybridized carbons (Fsp3) is 0.0833. The Morgan fingerprint density at radius 3 is 2.83 bits per heavy atom. The molecule has 0 amide bonds. The molecule has 0 aliphatic rings. The zero-order chi connectivity index (χ0) is 13.0. The summed E-state index contributed by atoms with van der Waals surface area (Å²) in [6.07, 6.45) is 3.09. The number of hydrogen-bond donors (Lipinski definition) is 0. The summed E-state index contributed by atoms with van der Waals surface area (Å²) in [6.45, 7) is 0.0975. The molecule has 2 heterocycles. The van der Waals surface area contributed by atoms with Crippen LogP contribution in [0.2, 0.25) is 5.02 Å². The topological polar surface area (TPSA) is 52.1 Å². The number of halogens is 2. The Kier molecular flexibility index (Phi) is 4.28. The molecule has 2 aromatic rings. The predicted octanol–water partition coefficient (Wildman–Crippen LogP) is 3.25. The molecule has 0 saturated heterocycles. The lowest BCUT2D eigenvalue weighted by Crippen LogP contribution is -2.07. The van der Waals surface area contributed by atoms with Crippen LogP contribution in [0.1, 0.15) is 16.2 Å². The third-order valence-corrected chi connectivity index (χ3v) is 2.78. The van der Waals surface area contributed by atoms with E-state index >= 15 is 0 Å². The predicted molar refractivity (Wildman–Crippen MR) is 70.3 cm³/mol. The van der Waals surface area contributed by atoms with Gasteiger partial charge in [-0.25, -0.2) is 9.78 Å². The van der Waals surface area contributed by atoms with E-state index in [1.54, 1.807) is 18.3 Å². The fourth-order valence-electron chi connectivity index (χ4n) is 1.22. The van der Waals surface area contributed by atoms with Crippen LogP contribution < -0.4 is 0 Å². The summed E-state index contributed by atoms with van der Waals surface area (Å²) in [4.78, 5) is 19.6. The molecule has 0 fully saturated rings. The van der Waals surface area contributed by atoms with Gasteiger partial charge in [0.15, 0.2) is 0 Å². The van der Waals surface area contributed by atoms with Crippen molar-refractivity contribution in [2.75, 3.05) is 0 Å². The minimum absolute atomic E-state index is 0.0975. The fourth-order valence-corrected chi connectivity index (χ4v) is 1.62. The van der Waals surface area contributed by atoms with Gasteiger partial charge in [0.05, 0.1) is 5.69 Å². The number of nitrogens with zero attached hydrogens (tertiary/aromatic N) is 2. The number of aromatic nitrogens is 2. The molecule has 92 valence electrons. The highest BCUT2D eigenvalue weighted by Crippen LogP contribution is 2.11. The summed E-state index contributed by atoms with van der Waals surface area (Å²) in [5, 5.41) is 0.443. The number of rotatable bonds is 3. The van der Waals surface area contributed by atoms with Crippen LogP contribution in [0.4, 0.5) is 0 Å². The Labute approximate surface area is 117 Å². The molecule has 0 bridgehead atoms. The zero-order valence-electron chi connectivity index (χ0n) is 9.14. The summed E-state index contributed by atoms with van der Waals surface area (Å²) >= 11 is 9.03. The van der Waals surface area contributed by atoms with Crippen molar-refractivity contribution in [1.29, 1.82) is 0 Å². The van der Waals surface area contributed by atoms with Gasteiger partial charge in [-0.15, -0.1) is 0 Å². The van der Waals surface area contributed by atoms with E-state index in [0.717, 1.165) is 4.47 Å². The van der Waals surface area contributed by atoms with Crippen molar-refractivity contribution >= 4 is 33.5 Å². The van der Waals surface area contributed by atoms with E-state index in [-0.39, 0.29) is 12.3 Å². The molecule has 0 unspecified atom stereocenters. The Morgan fingerprint density at radius 2 is 2.17 bits per heavy atom. The molecule has 0 N–H and O–H groups in total. The van der Waals surface area contributed by atoms with Crippen LogP contribution in [0.25, 0.3) is 0 Å². The van der Waals surface area contributed by atoms with E-state index in [1.807, 2.05) is 6.07 Å². The number of esters is 1. The van der Waals surface area contributed by atoms with Gasteiger partial charge in [0, 0.05) is 21.9 Å². The molecule has 6 heteroatoms. The van der Waals surface area contributed by atoms with Crippen LogP contribution in [0.5, 0.6) is 0 Å². The van der Waals surface area contributed by atoms with Gasteiger partial charge in [-0.05, 0) is 40.2 Å². The standard InChI is InChI=1S/C12H8BrClN2O2/c13-8-1-2-10(16-6-8)7-18-12(17)11-5-9(14)3-4-15-11/h1-6H,7H2. The molecule has 2 rings (SSSR count). The Balaban J connectivity index is 1.98. The van der Waals surface area contributed by atoms with Crippen LogP contribution in [0.15, 0.2) is 41.1 Å². The van der Waals surface area contributed by atoms with E-state index in [2.05, 4.69) is 25.9 Å². The summed E-state index contributed by atoms with van der Waals surface area (Å²) in [7, 11) is 0. The van der Waals surface area contributed by atoms with Gasteiger partial charge in [0.1, 0.15) is 12.3 Å².